The topological polar surface area (TPSA) is 8.17 Å². The summed E-state index contributed by atoms with van der Waals surface area (Å²) < 4.78 is 4.97. The summed E-state index contributed by atoms with van der Waals surface area (Å²) in [5.41, 5.74) is 9.44. The van der Waals surface area contributed by atoms with Crippen molar-refractivity contribution in [3.63, 3.8) is 0 Å². The van der Waals surface area contributed by atoms with Crippen molar-refractivity contribution < 1.29 is 0 Å². The third kappa shape index (κ3) is 4.78. The van der Waals surface area contributed by atoms with Gasteiger partial charge < -0.3 is 9.47 Å². The van der Waals surface area contributed by atoms with Crippen LogP contribution in [0.25, 0.3) is 80.3 Å². The predicted octanol–water partition coefficient (Wildman–Crippen LogP) is 14.6. The highest BCUT2D eigenvalue weighted by atomic mass is 32.1. The monoisotopic (exact) mass is 692 g/mol. The molecule has 9 aromatic carbocycles. The van der Waals surface area contributed by atoms with Gasteiger partial charge in [-0.1, -0.05) is 133 Å². The number of para-hydroxylation sites is 2. The van der Waals surface area contributed by atoms with E-state index < -0.39 is 0 Å². The third-order valence-electron chi connectivity index (χ3n) is 10.8. The van der Waals surface area contributed by atoms with Crippen LogP contribution in [0.15, 0.2) is 194 Å². The number of hydrogen-bond acceptors (Lipinski definition) is 2. The Hall–Kier alpha value is -6.68. The quantitative estimate of drug-likeness (QED) is 0.163. The van der Waals surface area contributed by atoms with Crippen molar-refractivity contribution in [3.8, 4) is 16.8 Å². The van der Waals surface area contributed by atoms with E-state index in [-0.39, 0.29) is 0 Å². The Morgan fingerprint density at radius 1 is 0.377 bits per heavy atom. The highest BCUT2D eigenvalue weighted by molar-refractivity contribution is 7.26. The van der Waals surface area contributed by atoms with Gasteiger partial charge in [0.2, 0.25) is 0 Å². The first kappa shape index (κ1) is 30.0. The Morgan fingerprint density at radius 2 is 0.943 bits per heavy atom. The Kier molecular flexibility index (Phi) is 6.76. The van der Waals surface area contributed by atoms with E-state index in [1.165, 1.54) is 80.3 Å². The van der Waals surface area contributed by atoms with Gasteiger partial charge in [0.25, 0.3) is 0 Å². The number of fused-ring (bicyclic) bond motifs is 9. The molecule has 0 N–H and O–H groups in total. The molecular formula is C50H32N2S. The van der Waals surface area contributed by atoms with E-state index in [4.69, 9.17) is 0 Å². The van der Waals surface area contributed by atoms with E-state index in [2.05, 4.69) is 204 Å². The molecule has 53 heavy (non-hydrogen) atoms. The normalized spacial score (nSPS) is 11.8. The largest absolute Gasteiger partial charge is 0.309 e. The molecule has 0 saturated carbocycles. The van der Waals surface area contributed by atoms with Crippen molar-refractivity contribution in [2.24, 2.45) is 0 Å². The van der Waals surface area contributed by atoms with Crippen LogP contribution in [0.1, 0.15) is 0 Å². The van der Waals surface area contributed by atoms with Crippen molar-refractivity contribution in [2.75, 3.05) is 4.90 Å². The minimum atomic E-state index is 1.13. The van der Waals surface area contributed by atoms with Crippen molar-refractivity contribution in [2.45, 2.75) is 0 Å². The molecule has 0 bridgehead atoms. The number of anilines is 3. The molecule has 0 saturated heterocycles. The molecule has 3 heteroatoms. The SMILES string of the molecule is c1ccc2c(c1)ccc1cc(N(c3ccc(-c4ccc(-n5c6ccccc6c6ccccc65)cc4)cc3)c3cccc4c3sc3ccccc34)ccc12. The number of benzene rings is 9. The molecule has 0 aliphatic rings. The maximum atomic E-state index is 2.43. The van der Waals surface area contributed by atoms with Crippen LogP contribution in [-0.2, 0) is 0 Å². The number of thiophene rings is 1. The summed E-state index contributed by atoms with van der Waals surface area (Å²) in [5.74, 6) is 0. The van der Waals surface area contributed by atoms with Gasteiger partial charge in [0.1, 0.15) is 0 Å². The molecule has 0 aliphatic heterocycles. The molecule has 248 valence electrons. The Bertz CT molecular complexity index is 3110. The molecule has 0 amide bonds. The molecule has 11 aromatic rings. The molecule has 0 unspecified atom stereocenters. The lowest BCUT2D eigenvalue weighted by molar-refractivity contribution is 1.18. The highest BCUT2D eigenvalue weighted by Gasteiger charge is 2.19. The van der Waals surface area contributed by atoms with E-state index >= 15 is 0 Å². The molecule has 0 fully saturated rings. The van der Waals surface area contributed by atoms with Gasteiger partial charge in [0, 0.05) is 43.3 Å². The molecule has 0 spiro atoms. The van der Waals surface area contributed by atoms with Gasteiger partial charge in [-0.3, -0.25) is 0 Å². The second-order valence-electron chi connectivity index (χ2n) is 13.7. The van der Waals surface area contributed by atoms with E-state index in [1.54, 1.807) is 0 Å². The van der Waals surface area contributed by atoms with Crippen LogP contribution in [0, 0.1) is 0 Å². The Labute approximate surface area is 311 Å². The summed E-state index contributed by atoms with van der Waals surface area (Å²) in [4.78, 5) is 2.43. The average Bonchev–Trinajstić information content (AvgIpc) is 3.78. The maximum absolute atomic E-state index is 2.43. The van der Waals surface area contributed by atoms with Gasteiger partial charge in [-0.05, 0) is 93.3 Å². The molecular weight excluding hydrogens is 661 g/mol. The van der Waals surface area contributed by atoms with Crippen LogP contribution in [0.4, 0.5) is 17.1 Å². The van der Waals surface area contributed by atoms with Gasteiger partial charge in [-0.15, -0.1) is 11.3 Å². The third-order valence-corrected chi connectivity index (χ3v) is 12.0. The standard InChI is InChI=1S/C50H32N2S/c1-2-11-40-35(10-1)20-21-36-32-39(30-31-41(36)40)51(48-18-9-15-45-44-14-5-8-19-49(44)53-50(45)48)37-26-22-33(23-27-37)34-24-28-38(29-25-34)52-46-16-6-3-12-42(46)43-13-4-7-17-47(43)52/h1-32H. The van der Waals surface area contributed by atoms with Crippen molar-refractivity contribution in [3.05, 3.63) is 194 Å². The summed E-state index contributed by atoms with van der Waals surface area (Å²) >= 11 is 1.87. The van der Waals surface area contributed by atoms with Crippen LogP contribution >= 0.6 is 11.3 Å². The summed E-state index contributed by atoms with van der Waals surface area (Å²) in [7, 11) is 0. The first-order valence-corrected chi connectivity index (χ1v) is 18.9. The first-order valence-electron chi connectivity index (χ1n) is 18.1. The van der Waals surface area contributed by atoms with Crippen LogP contribution in [-0.4, -0.2) is 4.57 Å². The lowest BCUT2D eigenvalue weighted by Crippen LogP contribution is -2.10. The van der Waals surface area contributed by atoms with E-state index in [0.717, 1.165) is 17.1 Å². The van der Waals surface area contributed by atoms with Crippen LogP contribution in [0.5, 0.6) is 0 Å². The van der Waals surface area contributed by atoms with Gasteiger partial charge in [-0.2, -0.15) is 0 Å². The zero-order valence-electron chi connectivity index (χ0n) is 28.8. The number of hydrogen-bond donors (Lipinski definition) is 0. The smallest absolute Gasteiger partial charge is 0.0640 e. The molecule has 0 atom stereocenters. The Balaban J connectivity index is 1.02. The molecule has 11 rings (SSSR count). The van der Waals surface area contributed by atoms with Crippen LogP contribution < -0.4 is 4.90 Å². The van der Waals surface area contributed by atoms with E-state index in [0.29, 0.717) is 0 Å². The minimum absolute atomic E-state index is 1.13. The molecule has 2 nitrogen and oxygen atoms in total. The maximum Gasteiger partial charge on any atom is 0.0640 e. The summed E-state index contributed by atoms with van der Waals surface area (Å²) in [6, 6.07) is 70.9. The van der Waals surface area contributed by atoms with Crippen molar-refractivity contribution in [1.82, 2.24) is 4.57 Å². The molecule has 0 aliphatic carbocycles. The number of rotatable bonds is 5. The lowest BCUT2D eigenvalue weighted by atomic mass is 10.0. The zero-order chi connectivity index (χ0) is 34.9. The average molecular weight is 693 g/mol. The van der Waals surface area contributed by atoms with Crippen molar-refractivity contribution in [1.29, 1.82) is 0 Å². The van der Waals surface area contributed by atoms with Crippen LogP contribution in [0.3, 0.4) is 0 Å². The summed E-state index contributed by atoms with van der Waals surface area (Å²) in [6.45, 7) is 0. The summed E-state index contributed by atoms with van der Waals surface area (Å²) in [5, 5.41) is 10.2. The van der Waals surface area contributed by atoms with Gasteiger partial charge in [-0.25, -0.2) is 0 Å². The fourth-order valence-electron chi connectivity index (χ4n) is 8.28. The second kappa shape index (κ2) is 11.9. The second-order valence-corrected chi connectivity index (χ2v) is 14.8. The number of nitrogens with zero attached hydrogens (tertiary/aromatic N) is 2. The first-order chi connectivity index (χ1) is 26.3. The summed E-state index contributed by atoms with van der Waals surface area (Å²) in [6.07, 6.45) is 0. The molecule has 2 aromatic heterocycles. The van der Waals surface area contributed by atoms with Gasteiger partial charge in [0.15, 0.2) is 0 Å². The minimum Gasteiger partial charge on any atom is -0.309 e. The molecule has 0 radical (unpaired) electrons. The van der Waals surface area contributed by atoms with E-state index in [1.807, 2.05) is 11.3 Å². The molecule has 2 heterocycles. The zero-order valence-corrected chi connectivity index (χ0v) is 29.6. The van der Waals surface area contributed by atoms with Gasteiger partial charge in [0.05, 0.1) is 21.4 Å². The van der Waals surface area contributed by atoms with Crippen LogP contribution in [0.2, 0.25) is 0 Å². The fraction of sp³-hybridized carbons (Fsp3) is 0. The lowest BCUT2D eigenvalue weighted by Gasteiger charge is -2.27. The van der Waals surface area contributed by atoms with E-state index in [9.17, 15) is 0 Å². The fourth-order valence-corrected chi connectivity index (χ4v) is 9.49. The van der Waals surface area contributed by atoms with Crippen molar-refractivity contribution >= 4 is 91.9 Å². The number of aromatic nitrogens is 1. The Morgan fingerprint density at radius 3 is 1.70 bits per heavy atom. The predicted molar refractivity (Wildman–Crippen MR) is 229 cm³/mol. The van der Waals surface area contributed by atoms with Gasteiger partial charge >= 0.3 is 0 Å². The highest BCUT2D eigenvalue weighted by Crippen LogP contribution is 2.45.